The average Bonchev–Trinajstić information content (AvgIpc) is 3.05. The van der Waals surface area contributed by atoms with Crippen molar-refractivity contribution < 1.29 is 13.2 Å². The van der Waals surface area contributed by atoms with Gasteiger partial charge >= 0.3 is 6.18 Å². The zero-order valence-electron chi connectivity index (χ0n) is 16.3. The molecule has 1 aromatic carbocycles. The number of benzene rings is 1. The molecule has 3 heterocycles. The molecule has 29 heavy (non-hydrogen) atoms. The molecular formula is C20H20F3N5O. The van der Waals surface area contributed by atoms with Gasteiger partial charge in [-0.05, 0) is 63.3 Å². The zero-order chi connectivity index (χ0) is 21.0. The number of aromatic nitrogens is 5. The molecule has 0 saturated heterocycles. The molecule has 6 nitrogen and oxygen atoms in total. The van der Waals surface area contributed by atoms with E-state index in [1.54, 1.807) is 18.5 Å². The van der Waals surface area contributed by atoms with Gasteiger partial charge in [-0.15, -0.1) is 5.10 Å². The first-order chi connectivity index (χ1) is 13.6. The molecule has 1 N–H and O–H groups in total. The van der Waals surface area contributed by atoms with E-state index in [1.165, 1.54) is 18.2 Å². The predicted octanol–water partition coefficient (Wildman–Crippen LogP) is 3.76. The Labute approximate surface area is 164 Å². The summed E-state index contributed by atoms with van der Waals surface area (Å²) in [7, 11) is 0. The number of hydrogen-bond acceptors (Lipinski definition) is 4. The number of nitrogens with one attached hydrogen (secondary N) is 1. The highest BCUT2D eigenvalue weighted by atomic mass is 19.4. The van der Waals surface area contributed by atoms with Gasteiger partial charge in [0, 0.05) is 6.07 Å². The second-order valence-corrected chi connectivity index (χ2v) is 7.67. The lowest BCUT2D eigenvalue weighted by atomic mass is 9.81. The van der Waals surface area contributed by atoms with Gasteiger partial charge in [-0.2, -0.15) is 13.2 Å². The first kappa shape index (κ1) is 19.4. The molecule has 0 fully saturated rings. The van der Waals surface area contributed by atoms with Crippen LogP contribution in [0.5, 0.6) is 0 Å². The Bertz CT molecular complexity index is 1150. The molecule has 3 aromatic rings. The van der Waals surface area contributed by atoms with Crippen molar-refractivity contribution in [1.29, 1.82) is 0 Å². The fourth-order valence-corrected chi connectivity index (χ4v) is 4.22. The van der Waals surface area contributed by atoms with Crippen molar-refractivity contribution in [2.75, 3.05) is 0 Å². The molecule has 0 aliphatic carbocycles. The fraction of sp³-hybridized carbons (Fsp3) is 0.400. The summed E-state index contributed by atoms with van der Waals surface area (Å²) in [5.41, 5.74) is 1.57. The van der Waals surface area contributed by atoms with Gasteiger partial charge in [-0.1, -0.05) is 11.3 Å². The molecule has 0 bridgehead atoms. The van der Waals surface area contributed by atoms with E-state index in [9.17, 15) is 18.0 Å². The largest absolute Gasteiger partial charge is 0.416 e. The molecule has 152 valence electrons. The van der Waals surface area contributed by atoms with E-state index in [0.717, 1.165) is 30.2 Å². The second kappa shape index (κ2) is 6.53. The van der Waals surface area contributed by atoms with Crippen molar-refractivity contribution in [2.45, 2.75) is 51.7 Å². The van der Waals surface area contributed by atoms with Crippen molar-refractivity contribution >= 4 is 0 Å². The summed E-state index contributed by atoms with van der Waals surface area (Å²) < 4.78 is 41.0. The van der Waals surface area contributed by atoms with Crippen molar-refractivity contribution in [2.24, 2.45) is 0 Å². The Kier molecular flexibility index (Phi) is 4.36. The Hall–Kier alpha value is -2.97. The summed E-state index contributed by atoms with van der Waals surface area (Å²) in [6.07, 6.45) is -2.15. The third-order valence-electron chi connectivity index (χ3n) is 5.54. The highest BCUT2D eigenvalue weighted by Crippen LogP contribution is 2.41. The summed E-state index contributed by atoms with van der Waals surface area (Å²) in [6.45, 7) is 5.33. The topological polar surface area (TPSA) is 76.5 Å². The second-order valence-electron chi connectivity index (χ2n) is 7.67. The van der Waals surface area contributed by atoms with Crippen LogP contribution in [0.25, 0.3) is 11.4 Å². The van der Waals surface area contributed by atoms with Gasteiger partial charge in [0.2, 0.25) is 0 Å². The number of rotatable bonds is 2. The minimum Gasteiger partial charge on any atom is -0.311 e. The lowest BCUT2D eigenvalue weighted by molar-refractivity contribution is -0.137. The van der Waals surface area contributed by atoms with Gasteiger partial charge in [-0.3, -0.25) is 4.79 Å². The van der Waals surface area contributed by atoms with E-state index in [4.69, 9.17) is 0 Å². The summed E-state index contributed by atoms with van der Waals surface area (Å²) >= 11 is 0. The van der Waals surface area contributed by atoms with Crippen molar-refractivity contribution in [1.82, 2.24) is 25.0 Å². The molecule has 1 aliphatic rings. The van der Waals surface area contributed by atoms with Crippen LogP contribution < -0.4 is 5.56 Å². The first-order valence-electron chi connectivity index (χ1n) is 9.31. The molecule has 0 amide bonds. The molecule has 9 heteroatoms. The summed E-state index contributed by atoms with van der Waals surface area (Å²) in [5, 5.41) is 8.60. The van der Waals surface area contributed by atoms with Crippen LogP contribution in [0.15, 0.2) is 29.1 Å². The molecule has 0 radical (unpaired) electrons. The number of H-pyrrole nitrogens is 1. The lowest BCUT2D eigenvalue weighted by Crippen LogP contribution is -2.38. The van der Waals surface area contributed by atoms with E-state index in [-0.39, 0.29) is 5.56 Å². The number of aryl methyl sites for hydroxylation is 2. The van der Waals surface area contributed by atoms with E-state index in [2.05, 4.69) is 20.3 Å². The van der Waals surface area contributed by atoms with Gasteiger partial charge in [0.25, 0.3) is 5.56 Å². The Morgan fingerprint density at radius 1 is 1.21 bits per heavy atom. The van der Waals surface area contributed by atoms with Gasteiger partial charge < -0.3 is 4.98 Å². The maximum Gasteiger partial charge on any atom is 0.416 e. The monoisotopic (exact) mass is 403 g/mol. The number of hydrogen-bond donors (Lipinski definition) is 1. The Morgan fingerprint density at radius 3 is 2.62 bits per heavy atom. The van der Waals surface area contributed by atoms with Gasteiger partial charge in [0.1, 0.15) is 17.2 Å². The van der Waals surface area contributed by atoms with E-state index in [0.29, 0.717) is 29.2 Å². The molecule has 0 saturated carbocycles. The lowest BCUT2D eigenvalue weighted by Gasteiger charge is -2.36. The van der Waals surface area contributed by atoms with E-state index >= 15 is 0 Å². The number of fused-ring (bicyclic) bond motifs is 1. The smallest absolute Gasteiger partial charge is 0.311 e. The molecule has 4 rings (SSSR count). The minimum absolute atomic E-state index is 0.272. The maximum absolute atomic E-state index is 13.1. The fourth-order valence-electron chi connectivity index (χ4n) is 4.22. The van der Waals surface area contributed by atoms with Crippen LogP contribution in [0.3, 0.4) is 0 Å². The Morgan fingerprint density at radius 2 is 1.97 bits per heavy atom. The van der Waals surface area contributed by atoms with Crippen molar-refractivity contribution in [3.05, 3.63) is 62.8 Å². The standard InChI is InChI=1S/C20H20F3N5O/c1-11-9-13(20(21,22)23)6-7-14(11)19(3)8-4-5-16-18(26-27-28(16)19)15-10-17(29)25-12(2)24-15/h6-7,9-10H,4-5,8H2,1-3H3,(H,24,25,29)/t19-/m1/s1. The number of nitrogens with zero attached hydrogens (tertiary/aromatic N) is 4. The quantitative estimate of drug-likeness (QED) is 0.707. The highest BCUT2D eigenvalue weighted by Gasteiger charge is 2.39. The van der Waals surface area contributed by atoms with Crippen LogP contribution in [0.4, 0.5) is 13.2 Å². The third kappa shape index (κ3) is 3.24. The molecule has 2 aromatic heterocycles. The van der Waals surface area contributed by atoms with Crippen LogP contribution in [-0.2, 0) is 18.1 Å². The molecule has 0 unspecified atom stereocenters. The molecule has 1 atom stereocenters. The highest BCUT2D eigenvalue weighted by molar-refractivity contribution is 5.57. The van der Waals surface area contributed by atoms with Crippen LogP contribution in [0.2, 0.25) is 0 Å². The molecule has 0 spiro atoms. The maximum atomic E-state index is 13.1. The van der Waals surface area contributed by atoms with Gasteiger partial charge in [-0.25, -0.2) is 9.67 Å². The zero-order valence-corrected chi connectivity index (χ0v) is 16.3. The van der Waals surface area contributed by atoms with Crippen LogP contribution >= 0.6 is 0 Å². The first-order valence-corrected chi connectivity index (χ1v) is 9.31. The number of halogens is 3. The van der Waals surface area contributed by atoms with Crippen molar-refractivity contribution in [3.63, 3.8) is 0 Å². The minimum atomic E-state index is -4.38. The van der Waals surface area contributed by atoms with Gasteiger partial charge in [0.05, 0.1) is 16.8 Å². The summed E-state index contributed by atoms with van der Waals surface area (Å²) in [5.74, 6) is 0.478. The van der Waals surface area contributed by atoms with Crippen LogP contribution in [0.1, 0.15) is 48.0 Å². The molecule has 1 aliphatic heterocycles. The van der Waals surface area contributed by atoms with Crippen LogP contribution in [0, 0.1) is 13.8 Å². The van der Waals surface area contributed by atoms with E-state index < -0.39 is 17.3 Å². The van der Waals surface area contributed by atoms with Crippen molar-refractivity contribution in [3.8, 4) is 11.4 Å². The number of aromatic amines is 1. The Balaban J connectivity index is 1.84. The SMILES string of the molecule is Cc1nc(-c2nnn3c2CCC[C@]3(C)c2ccc(C(F)(F)F)cc2C)cc(=O)[nH]1. The van der Waals surface area contributed by atoms with E-state index in [1.807, 2.05) is 6.92 Å². The molecular weight excluding hydrogens is 383 g/mol. The van der Waals surface area contributed by atoms with Crippen LogP contribution in [-0.4, -0.2) is 25.0 Å². The van der Waals surface area contributed by atoms with Gasteiger partial charge in [0.15, 0.2) is 0 Å². The summed E-state index contributed by atoms with van der Waals surface area (Å²) in [6, 6.07) is 5.20. The third-order valence-corrected chi connectivity index (χ3v) is 5.54. The predicted molar refractivity (Wildman–Crippen MR) is 100 cm³/mol. The average molecular weight is 403 g/mol. The summed E-state index contributed by atoms with van der Waals surface area (Å²) in [4.78, 5) is 18.8. The normalized spacial score (nSPS) is 19.2. The number of alkyl halides is 3.